The molecule has 5 rings (SSSR count). The van der Waals surface area contributed by atoms with E-state index in [-0.39, 0.29) is 24.4 Å². The van der Waals surface area contributed by atoms with Crippen LogP contribution in [0.25, 0.3) is 0 Å². The second kappa shape index (κ2) is 14.6. The van der Waals surface area contributed by atoms with Gasteiger partial charge in [-0.05, 0) is 63.1 Å². The van der Waals surface area contributed by atoms with Crippen LogP contribution in [0.4, 0.5) is 19.9 Å². The minimum atomic E-state index is -0.650. The molecule has 2 aliphatic heterocycles. The molecule has 1 aromatic heterocycles. The van der Waals surface area contributed by atoms with E-state index in [1.807, 2.05) is 35.2 Å². The van der Waals surface area contributed by atoms with Crippen LogP contribution in [0.2, 0.25) is 0 Å². The normalized spacial score (nSPS) is 18.8. The third kappa shape index (κ3) is 9.06. The van der Waals surface area contributed by atoms with Gasteiger partial charge in [0, 0.05) is 32.1 Å². The zero-order valence-electron chi connectivity index (χ0n) is 26.2. The smallest absolute Gasteiger partial charge is 0.410 e. The summed E-state index contributed by atoms with van der Waals surface area (Å²) >= 11 is 0. The van der Waals surface area contributed by atoms with Gasteiger partial charge in [0.05, 0.1) is 25.0 Å². The SMILES string of the molecule is CC(C)(C)OC(=O)N[C@H]1CN(c2ncc(OCCC3CCN(C(=O)OCc4ccccc4)CC3)cn2)C[C@@H]1c1ccccc1F. The summed E-state index contributed by atoms with van der Waals surface area (Å²) in [6, 6.07) is 15.9. The molecule has 0 saturated carbocycles. The predicted molar refractivity (Wildman–Crippen MR) is 168 cm³/mol. The number of rotatable bonds is 9. The number of nitrogens with zero attached hydrogens (tertiary/aromatic N) is 4. The van der Waals surface area contributed by atoms with Crippen molar-refractivity contribution in [1.82, 2.24) is 20.2 Å². The molecule has 2 fully saturated rings. The first-order chi connectivity index (χ1) is 21.6. The number of hydrogen-bond donors (Lipinski definition) is 1. The van der Waals surface area contributed by atoms with Crippen molar-refractivity contribution in [1.29, 1.82) is 0 Å². The van der Waals surface area contributed by atoms with Gasteiger partial charge in [0.1, 0.15) is 18.0 Å². The summed E-state index contributed by atoms with van der Waals surface area (Å²) in [4.78, 5) is 37.8. The number of carbonyl (C=O) groups excluding carboxylic acids is 2. The van der Waals surface area contributed by atoms with Gasteiger partial charge < -0.3 is 29.3 Å². The molecule has 11 heteroatoms. The van der Waals surface area contributed by atoms with Gasteiger partial charge in [-0.1, -0.05) is 48.5 Å². The first-order valence-corrected chi connectivity index (χ1v) is 15.5. The first-order valence-electron chi connectivity index (χ1n) is 15.5. The number of anilines is 1. The predicted octanol–water partition coefficient (Wildman–Crippen LogP) is 5.93. The quantitative estimate of drug-likeness (QED) is 0.314. The van der Waals surface area contributed by atoms with E-state index < -0.39 is 17.7 Å². The Morgan fingerprint density at radius 1 is 0.978 bits per heavy atom. The minimum absolute atomic E-state index is 0.268. The highest BCUT2D eigenvalue weighted by molar-refractivity contribution is 5.69. The zero-order chi connectivity index (χ0) is 31.8. The fourth-order valence-corrected chi connectivity index (χ4v) is 5.77. The van der Waals surface area contributed by atoms with Crippen LogP contribution in [0.5, 0.6) is 5.75 Å². The molecule has 0 unspecified atom stereocenters. The molecule has 0 bridgehead atoms. The molecule has 1 N–H and O–H groups in total. The average molecular weight is 620 g/mol. The number of nitrogens with one attached hydrogen (secondary N) is 1. The monoisotopic (exact) mass is 619 g/mol. The number of halogens is 1. The number of hydrogen-bond acceptors (Lipinski definition) is 8. The molecule has 3 aromatic rings. The molecule has 45 heavy (non-hydrogen) atoms. The van der Waals surface area contributed by atoms with Crippen LogP contribution in [0.15, 0.2) is 67.0 Å². The highest BCUT2D eigenvalue weighted by Gasteiger charge is 2.38. The van der Waals surface area contributed by atoms with Crippen LogP contribution in [0.3, 0.4) is 0 Å². The van der Waals surface area contributed by atoms with Gasteiger partial charge in [0.15, 0.2) is 5.75 Å². The number of benzene rings is 2. The molecule has 10 nitrogen and oxygen atoms in total. The fraction of sp³-hybridized carbons (Fsp3) is 0.471. The average Bonchev–Trinajstić information content (AvgIpc) is 3.43. The van der Waals surface area contributed by atoms with Crippen molar-refractivity contribution in [2.75, 3.05) is 37.7 Å². The molecule has 0 aliphatic carbocycles. The number of aromatic nitrogens is 2. The summed E-state index contributed by atoms with van der Waals surface area (Å²) in [5.74, 6) is 0.865. The van der Waals surface area contributed by atoms with Crippen molar-refractivity contribution >= 4 is 18.1 Å². The Labute approximate surface area is 263 Å². The highest BCUT2D eigenvalue weighted by Crippen LogP contribution is 2.32. The van der Waals surface area contributed by atoms with Gasteiger partial charge in [-0.2, -0.15) is 0 Å². The molecular formula is C34H42FN5O5. The first kappa shape index (κ1) is 32.0. The lowest BCUT2D eigenvalue weighted by molar-refractivity contribution is 0.0504. The number of piperidine rings is 1. The molecule has 240 valence electrons. The van der Waals surface area contributed by atoms with Crippen LogP contribution in [0.1, 0.15) is 57.1 Å². The van der Waals surface area contributed by atoms with Crippen LogP contribution < -0.4 is 15.0 Å². The van der Waals surface area contributed by atoms with Crippen molar-refractivity contribution in [2.45, 2.75) is 64.2 Å². The standard InChI is InChI=1S/C34H42FN5O5/c1-34(2,3)45-32(41)38-30-22-40(21-28(30)27-11-7-8-12-29(27)35)31-36-19-26(20-37-31)43-18-15-24-13-16-39(17-14-24)33(42)44-23-25-9-5-4-6-10-25/h4-12,19-20,24,28,30H,13-18,21-23H2,1-3H3,(H,38,41)/t28-,30+/m1/s1. The van der Waals surface area contributed by atoms with E-state index in [1.165, 1.54) is 6.07 Å². The maximum atomic E-state index is 14.8. The summed E-state index contributed by atoms with van der Waals surface area (Å²) in [5, 5.41) is 2.92. The minimum Gasteiger partial charge on any atom is -0.490 e. The van der Waals surface area contributed by atoms with Gasteiger partial charge in [-0.25, -0.2) is 23.9 Å². The summed E-state index contributed by atoms with van der Waals surface area (Å²) in [5.41, 5.74) is 0.848. The van der Waals surface area contributed by atoms with Gasteiger partial charge in [-0.15, -0.1) is 0 Å². The lowest BCUT2D eigenvalue weighted by Gasteiger charge is -2.31. The van der Waals surface area contributed by atoms with Crippen LogP contribution in [-0.2, 0) is 16.1 Å². The lowest BCUT2D eigenvalue weighted by atomic mass is 9.94. The van der Waals surface area contributed by atoms with E-state index in [4.69, 9.17) is 14.2 Å². The molecule has 2 saturated heterocycles. The molecule has 2 aliphatic rings. The van der Waals surface area contributed by atoms with E-state index in [9.17, 15) is 14.0 Å². The van der Waals surface area contributed by atoms with E-state index >= 15 is 0 Å². The maximum Gasteiger partial charge on any atom is 0.410 e. The van der Waals surface area contributed by atoms with Gasteiger partial charge >= 0.3 is 12.2 Å². The molecule has 3 heterocycles. The molecule has 2 atom stereocenters. The van der Waals surface area contributed by atoms with E-state index in [0.717, 1.165) is 24.8 Å². The van der Waals surface area contributed by atoms with E-state index in [1.54, 1.807) is 56.3 Å². The number of amides is 2. The summed E-state index contributed by atoms with van der Waals surface area (Å²) in [6.07, 6.45) is 5.13. The molecule has 0 radical (unpaired) electrons. The second-order valence-electron chi connectivity index (χ2n) is 12.6. The molecular weight excluding hydrogens is 577 g/mol. The summed E-state index contributed by atoms with van der Waals surface area (Å²) in [6.45, 7) is 8.37. The van der Waals surface area contributed by atoms with Crippen LogP contribution >= 0.6 is 0 Å². The Morgan fingerprint density at radius 2 is 1.67 bits per heavy atom. The Bertz CT molecular complexity index is 1410. The number of carbonyl (C=O) groups is 2. The summed E-state index contributed by atoms with van der Waals surface area (Å²) < 4.78 is 31.6. The molecule has 2 amide bonds. The number of likely N-dealkylation sites (tertiary alicyclic amines) is 1. The molecule has 0 spiro atoms. The van der Waals surface area contributed by atoms with Crippen molar-refractivity contribution in [2.24, 2.45) is 5.92 Å². The third-order valence-electron chi connectivity index (χ3n) is 8.10. The Kier molecular flexibility index (Phi) is 10.4. The Balaban J connectivity index is 1.08. The highest BCUT2D eigenvalue weighted by atomic mass is 19.1. The van der Waals surface area contributed by atoms with Crippen molar-refractivity contribution < 1.29 is 28.2 Å². The number of ether oxygens (including phenoxy) is 3. The Hall–Kier alpha value is -4.41. The maximum absolute atomic E-state index is 14.8. The van der Waals surface area contributed by atoms with Gasteiger partial charge in [-0.3, -0.25) is 0 Å². The van der Waals surface area contributed by atoms with E-state index in [0.29, 0.717) is 56.0 Å². The lowest BCUT2D eigenvalue weighted by Crippen LogP contribution is -2.43. The second-order valence-corrected chi connectivity index (χ2v) is 12.6. The van der Waals surface area contributed by atoms with Gasteiger partial charge in [0.25, 0.3) is 0 Å². The van der Waals surface area contributed by atoms with Crippen molar-refractivity contribution in [3.63, 3.8) is 0 Å². The van der Waals surface area contributed by atoms with Crippen LogP contribution in [-0.4, -0.2) is 71.5 Å². The third-order valence-corrected chi connectivity index (χ3v) is 8.10. The van der Waals surface area contributed by atoms with Crippen molar-refractivity contribution in [3.8, 4) is 5.75 Å². The molecule has 2 aromatic carbocycles. The zero-order valence-corrected chi connectivity index (χ0v) is 26.2. The summed E-state index contributed by atoms with van der Waals surface area (Å²) in [7, 11) is 0. The van der Waals surface area contributed by atoms with Crippen molar-refractivity contribution in [3.05, 3.63) is 83.9 Å². The van der Waals surface area contributed by atoms with E-state index in [2.05, 4.69) is 15.3 Å². The number of alkyl carbamates (subject to hydrolysis) is 1. The van der Waals surface area contributed by atoms with Gasteiger partial charge in [0.2, 0.25) is 5.95 Å². The Morgan fingerprint density at radius 3 is 2.36 bits per heavy atom. The van der Waals surface area contributed by atoms with Crippen LogP contribution in [0, 0.1) is 11.7 Å². The fourth-order valence-electron chi connectivity index (χ4n) is 5.77. The topological polar surface area (TPSA) is 106 Å². The largest absolute Gasteiger partial charge is 0.490 e.